The average Bonchev–Trinajstić information content (AvgIpc) is 2.92. The van der Waals surface area contributed by atoms with Gasteiger partial charge in [0.1, 0.15) is 11.4 Å². The molecule has 19 heavy (non-hydrogen) atoms. The molecule has 100 valence electrons. The van der Waals surface area contributed by atoms with E-state index in [1.807, 2.05) is 6.92 Å². The number of aromatic nitrogens is 1. The zero-order valence-corrected chi connectivity index (χ0v) is 11.9. The van der Waals surface area contributed by atoms with Crippen molar-refractivity contribution in [2.75, 3.05) is 11.9 Å². The quantitative estimate of drug-likeness (QED) is 0.912. The minimum Gasteiger partial charge on any atom is -0.492 e. The van der Waals surface area contributed by atoms with Crippen LogP contribution < -0.4 is 10.1 Å². The molecule has 0 saturated carbocycles. The van der Waals surface area contributed by atoms with Crippen molar-refractivity contribution in [3.63, 3.8) is 0 Å². The molecular weight excluding hydrogens is 284 g/mol. The topological polar surface area (TPSA) is 51.2 Å². The van der Waals surface area contributed by atoms with E-state index in [4.69, 9.17) is 16.3 Å². The first-order valence-electron chi connectivity index (χ1n) is 5.82. The molecule has 4 nitrogen and oxygen atoms in total. The van der Waals surface area contributed by atoms with Crippen molar-refractivity contribution in [3.05, 3.63) is 39.8 Å². The standard InChI is InChI=1S/C13H13ClN2O2S/c1-2-5-18-12-4-3-9(6-10(12)14)16-13(17)11-7-19-8-15-11/h3-4,6-8H,2,5H2,1H3,(H,16,17). The van der Waals surface area contributed by atoms with Crippen molar-refractivity contribution in [2.24, 2.45) is 0 Å². The smallest absolute Gasteiger partial charge is 0.275 e. The van der Waals surface area contributed by atoms with E-state index in [-0.39, 0.29) is 5.91 Å². The third-order valence-corrected chi connectivity index (χ3v) is 3.20. The van der Waals surface area contributed by atoms with E-state index in [2.05, 4.69) is 10.3 Å². The fourth-order valence-corrected chi connectivity index (χ4v) is 2.19. The van der Waals surface area contributed by atoms with Gasteiger partial charge in [-0.3, -0.25) is 4.79 Å². The molecule has 1 aromatic carbocycles. The van der Waals surface area contributed by atoms with Gasteiger partial charge < -0.3 is 10.1 Å². The predicted molar refractivity (Wildman–Crippen MR) is 77.3 cm³/mol. The Morgan fingerprint density at radius 1 is 1.53 bits per heavy atom. The number of anilines is 1. The Morgan fingerprint density at radius 2 is 2.37 bits per heavy atom. The number of ether oxygens (including phenoxy) is 1. The summed E-state index contributed by atoms with van der Waals surface area (Å²) in [6.07, 6.45) is 0.915. The van der Waals surface area contributed by atoms with E-state index < -0.39 is 0 Å². The highest BCUT2D eigenvalue weighted by Crippen LogP contribution is 2.28. The SMILES string of the molecule is CCCOc1ccc(NC(=O)c2cscn2)cc1Cl. The monoisotopic (exact) mass is 296 g/mol. The summed E-state index contributed by atoms with van der Waals surface area (Å²) in [5.74, 6) is 0.370. The van der Waals surface area contributed by atoms with Crippen LogP contribution in [0.1, 0.15) is 23.8 Å². The molecule has 0 spiro atoms. The summed E-state index contributed by atoms with van der Waals surface area (Å²) in [6.45, 7) is 2.64. The number of amides is 1. The average molecular weight is 297 g/mol. The molecule has 0 aliphatic carbocycles. The molecule has 0 aliphatic rings. The van der Waals surface area contributed by atoms with Gasteiger partial charge in [0.15, 0.2) is 0 Å². The lowest BCUT2D eigenvalue weighted by Crippen LogP contribution is -2.12. The van der Waals surface area contributed by atoms with E-state index in [0.717, 1.165) is 6.42 Å². The molecule has 1 aromatic heterocycles. The molecule has 0 radical (unpaired) electrons. The number of hydrogen-bond acceptors (Lipinski definition) is 4. The van der Waals surface area contributed by atoms with Crippen molar-refractivity contribution < 1.29 is 9.53 Å². The van der Waals surface area contributed by atoms with Crippen LogP contribution in [-0.4, -0.2) is 17.5 Å². The Labute approximate surface area is 120 Å². The number of halogens is 1. The van der Waals surface area contributed by atoms with Crippen LogP contribution in [0.25, 0.3) is 0 Å². The Kier molecular flexibility index (Phi) is 4.76. The number of nitrogens with one attached hydrogen (secondary N) is 1. The lowest BCUT2D eigenvalue weighted by Gasteiger charge is -2.09. The maximum atomic E-state index is 11.8. The van der Waals surface area contributed by atoms with Gasteiger partial charge in [-0.05, 0) is 24.6 Å². The summed E-state index contributed by atoms with van der Waals surface area (Å²) in [5.41, 5.74) is 2.63. The van der Waals surface area contributed by atoms with E-state index in [0.29, 0.717) is 28.8 Å². The Bertz CT molecular complexity index is 558. The van der Waals surface area contributed by atoms with Gasteiger partial charge in [-0.2, -0.15) is 0 Å². The summed E-state index contributed by atoms with van der Waals surface area (Å²) in [6, 6.07) is 5.16. The van der Waals surface area contributed by atoms with E-state index >= 15 is 0 Å². The van der Waals surface area contributed by atoms with Crippen LogP contribution in [0.4, 0.5) is 5.69 Å². The molecule has 0 unspecified atom stereocenters. The van der Waals surface area contributed by atoms with Crippen molar-refractivity contribution >= 4 is 34.5 Å². The highest BCUT2D eigenvalue weighted by molar-refractivity contribution is 7.07. The van der Waals surface area contributed by atoms with Gasteiger partial charge in [0.2, 0.25) is 0 Å². The Balaban J connectivity index is 2.05. The minimum atomic E-state index is -0.250. The second kappa shape index (κ2) is 6.54. The summed E-state index contributed by atoms with van der Waals surface area (Å²) < 4.78 is 5.46. The Hall–Kier alpha value is -1.59. The molecule has 0 aliphatic heterocycles. The van der Waals surface area contributed by atoms with Crippen molar-refractivity contribution in [1.29, 1.82) is 0 Å². The molecule has 1 amide bonds. The van der Waals surface area contributed by atoms with Crippen molar-refractivity contribution in [2.45, 2.75) is 13.3 Å². The van der Waals surface area contributed by atoms with Crippen LogP contribution in [-0.2, 0) is 0 Å². The first-order chi connectivity index (χ1) is 9.20. The largest absolute Gasteiger partial charge is 0.492 e. The number of thiazole rings is 1. The molecule has 0 bridgehead atoms. The third-order valence-electron chi connectivity index (χ3n) is 2.32. The summed E-state index contributed by atoms with van der Waals surface area (Å²) in [5, 5.41) is 4.90. The highest BCUT2D eigenvalue weighted by Gasteiger charge is 2.09. The van der Waals surface area contributed by atoms with Gasteiger partial charge in [-0.25, -0.2) is 4.98 Å². The molecule has 2 rings (SSSR count). The zero-order chi connectivity index (χ0) is 13.7. The van der Waals surface area contributed by atoms with Gasteiger partial charge in [0.05, 0.1) is 17.1 Å². The number of nitrogens with zero attached hydrogens (tertiary/aromatic N) is 1. The normalized spacial score (nSPS) is 10.2. The minimum absolute atomic E-state index is 0.250. The summed E-state index contributed by atoms with van der Waals surface area (Å²) in [7, 11) is 0. The number of rotatable bonds is 5. The van der Waals surface area contributed by atoms with E-state index in [9.17, 15) is 4.79 Å². The highest BCUT2D eigenvalue weighted by atomic mass is 35.5. The second-order valence-electron chi connectivity index (χ2n) is 3.82. The fraction of sp³-hybridized carbons (Fsp3) is 0.231. The molecular formula is C13H13ClN2O2S. The first-order valence-corrected chi connectivity index (χ1v) is 7.14. The van der Waals surface area contributed by atoms with Crippen LogP contribution in [0.15, 0.2) is 29.1 Å². The van der Waals surface area contributed by atoms with Gasteiger partial charge in [-0.15, -0.1) is 11.3 Å². The first kappa shape index (κ1) is 13.8. The summed E-state index contributed by atoms with van der Waals surface area (Å²) in [4.78, 5) is 15.7. The van der Waals surface area contributed by atoms with Crippen LogP contribution in [0, 0.1) is 0 Å². The van der Waals surface area contributed by atoms with E-state index in [1.165, 1.54) is 11.3 Å². The second-order valence-corrected chi connectivity index (χ2v) is 4.95. The Morgan fingerprint density at radius 3 is 3.00 bits per heavy atom. The van der Waals surface area contributed by atoms with Gasteiger partial charge in [-0.1, -0.05) is 18.5 Å². The van der Waals surface area contributed by atoms with Gasteiger partial charge in [0, 0.05) is 11.1 Å². The molecule has 1 N–H and O–H groups in total. The molecule has 0 fully saturated rings. The van der Waals surface area contributed by atoms with Gasteiger partial charge in [0.25, 0.3) is 5.91 Å². The number of carbonyl (C=O) groups is 1. The predicted octanol–water partition coefficient (Wildman–Crippen LogP) is 3.84. The number of hydrogen-bond donors (Lipinski definition) is 1. The molecule has 1 heterocycles. The molecule has 0 atom stereocenters. The lowest BCUT2D eigenvalue weighted by atomic mass is 10.3. The van der Waals surface area contributed by atoms with Gasteiger partial charge >= 0.3 is 0 Å². The maximum Gasteiger partial charge on any atom is 0.275 e. The zero-order valence-electron chi connectivity index (χ0n) is 10.4. The lowest BCUT2D eigenvalue weighted by molar-refractivity contribution is 0.102. The van der Waals surface area contributed by atoms with Crippen LogP contribution in [0.5, 0.6) is 5.75 Å². The molecule has 2 aromatic rings. The number of benzene rings is 1. The summed E-state index contributed by atoms with van der Waals surface area (Å²) >= 11 is 7.46. The maximum absolute atomic E-state index is 11.8. The van der Waals surface area contributed by atoms with Crippen LogP contribution in [0.3, 0.4) is 0 Å². The van der Waals surface area contributed by atoms with Crippen molar-refractivity contribution in [1.82, 2.24) is 4.98 Å². The van der Waals surface area contributed by atoms with Crippen molar-refractivity contribution in [3.8, 4) is 5.75 Å². The van der Waals surface area contributed by atoms with E-state index in [1.54, 1.807) is 29.1 Å². The number of carbonyl (C=O) groups excluding carboxylic acids is 1. The molecule has 6 heteroatoms. The fourth-order valence-electron chi connectivity index (χ4n) is 1.43. The molecule has 0 saturated heterocycles. The van der Waals surface area contributed by atoms with Crippen LogP contribution >= 0.6 is 22.9 Å². The third kappa shape index (κ3) is 3.68. The van der Waals surface area contributed by atoms with Crippen LogP contribution in [0.2, 0.25) is 5.02 Å².